The van der Waals surface area contributed by atoms with E-state index in [1.807, 2.05) is 18.2 Å². The summed E-state index contributed by atoms with van der Waals surface area (Å²) in [4.78, 5) is 10.4. The van der Waals surface area contributed by atoms with Crippen LogP contribution < -0.4 is 0 Å². The Morgan fingerprint density at radius 3 is 2.29 bits per heavy atom. The predicted molar refractivity (Wildman–Crippen MR) is 145 cm³/mol. The SMILES string of the molecule is CC1(C)c2ccccc2-c2cc(-c3cc(C4=CCC(Br)C=C4)nc(-c4ccccc4)n3)ccc21. The van der Waals surface area contributed by atoms with Crippen LogP contribution in [0.1, 0.15) is 37.1 Å². The van der Waals surface area contributed by atoms with Crippen molar-refractivity contribution in [2.75, 3.05) is 0 Å². The van der Waals surface area contributed by atoms with E-state index >= 15 is 0 Å². The maximum Gasteiger partial charge on any atom is 0.160 e. The molecule has 34 heavy (non-hydrogen) atoms. The lowest BCUT2D eigenvalue weighted by Crippen LogP contribution is -2.14. The minimum Gasteiger partial charge on any atom is -0.228 e. The third-order valence-electron chi connectivity index (χ3n) is 6.98. The van der Waals surface area contributed by atoms with Crippen LogP contribution >= 0.6 is 15.9 Å². The summed E-state index contributed by atoms with van der Waals surface area (Å²) in [5.41, 5.74) is 10.6. The molecule has 1 aromatic heterocycles. The second kappa shape index (κ2) is 8.18. The summed E-state index contributed by atoms with van der Waals surface area (Å²) in [5, 5.41) is 0. The first-order valence-corrected chi connectivity index (χ1v) is 12.6. The summed E-state index contributed by atoms with van der Waals surface area (Å²) in [6.45, 7) is 4.62. The monoisotopic (exact) mass is 504 g/mol. The number of hydrogen-bond donors (Lipinski definition) is 0. The maximum absolute atomic E-state index is 5.03. The van der Waals surface area contributed by atoms with E-state index in [1.165, 1.54) is 22.3 Å². The van der Waals surface area contributed by atoms with Crippen molar-refractivity contribution in [1.82, 2.24) is 9.97 Å². The number of allylic oxidation sites excluding steroid dienone is 4. The maximum atomic E-state index is 5.03. The zero-order valence-electron chi connectivity index (χ0n) is 19.3. The summed E-state index contributed by atoms with van der Waals surface area (Å²) < 4.78 is 0. The highest BCUT2D eigenvalue weighted by molar-refractivity contribution is 9.09. The molecule has 1 unspecified atom stereocenters. The molecule has 2 nitrogen and oxygen atoms in total. The summed E-state index contributed by atoms with van der Waals surface area (Å²) in [5.74, 6) is 0.754. The molecular weight excluding hydrogens is 480 g/mol. The van der Waals surface area contributed by atoms with Crippen LogP contribution in [-0.2, 0) is 5.41 Å². The third kappa shape index (κ3) is 3.56. The van der Waals surface area contributed by atoms with Gasteiger partial charge in [-0.1, -0.05) is 115 Å². The first-order chi connectivity index (χ1) is 16.5. The van der Waals surface area contributed by atoms with E-state index in [4.69, 9.17) is 9.97 Å². The lowest BCUT2D eigenvalue weighted by molar-refractivity contribution is 0.660. The van der Waals surface area contributed by atoms with Crippen molar-refractivity contribution in [3.8, 4) is 33.8 Å². The summed E-state index contributed by atoms with van der Waals surface area (Å²) in [7, 11) is 0. The quantitative estimate of drug-likeness (QED) is 0.262. The van der Waals surface area contributed by atoms with Crippen LogP contribution in [0.2, 0.25) is 0 Å². The lowest BCUT2D eigenvalue weighted by atomic mass is 9.82. The van der Waals surface area contributed by atoms with E-state index in [0.29, 0.717) is 4.83 Å². The van der Waals surface area contributed by atoms with Gasteiger partial charge in [0.1, 0.15) is 0 Å². The van der Waals surface area contributed by atoms with Gasteiger partial charge >= 0.3 is 0 Å². The highest BCUT2D eigenvalue weighted by atomic mass is 79.9. The molecule has 4 aromatic rings. The van der Waals surface area contributed by atoms with Gasteiger partial charge in [-0.3, -0.25) is 0 Å². The van der Waals surface area contributed by atoms with Gasteiger partial charge < -0.3 is 0 Å². The van der Waals surface area contributed by atoms with Gasteiger partial charge in [-0.2, -0.15) is 0 Å². The topological polar surface area (TPSA) is 25.8 Å². The zero-order chi connectivity index (χ0) is 23.3. The van der Waals surface area contributed by atoms with Gasteiger partial charge in [0.25, 0.3) is 0 Å². The average molecular weight is 505 g/mol. The fourth-order valence-corrected chi connectivity index (χ4v) is 5.46. The van der Waals surface area contributed by atoms with E-state index in [0.717, 1.165) is 40.3 Å². The van der Waals surface area contributed by atoms with Gasteiger partial charge in [-0.25, -0.2) is 9.97 Å². The lowest BCUT2D eigenvalue weighted by Gasteiger charge is -2.21. The van der Waals surface area contributed by atoms with Crippen molar-refractivity contribution in [3.63, 3.8) is 0 Å². The molecule has 3 aromatic carbocycles. The van der Waals surface area contributed by atoms with Crippen LogP contribution in [-0.4, -0.2) is 14.8 Å². The van der Waals surface area contributed by atoms with Crippen LogP contribution in [0.15, 0.2) is 97.1 Å². The molecule has 2 aliphatic carbocycles. The Hall–Kier alpha value is -3.30. The number of rotatable bonds is 3. The Bertz CT molecular complexity index is 1460. The highest BCUT2D eigenvalue weighted by Gasteiger charge is 2.35. The Labute approximate surface area is 209 Å². The van der Waals surface area contributed by atoms with Crippen molar-refractivity contribution in [2.45, 2.75) is 30.5 Å². The molecule has 1 atom stereocenters. The molecule has 0 fully saturated rings. The van der Waals surface area contributed by atoms with E-state index < -0.39 is 0 Å². The van der Waals surface area contributed by atoms with E-state index in [1.54, 1.807) is 0 Å². The summed E-state index contributed by atoms with van der Waals surface area (Å²) in [6.07, 6.45) is 7.55. The largest absolute Gasteiger partial charge is 0.228 e. The van der Waals surface area contributed by atoms with E-state index in [-0.39, 0.29) is 5.41 Å². The van der Waals surface area contributed by atoms with Gasteiger partial charge in [-0.15, -0.1) is 0 Å². The fraction of sp³-hybridized carbons (Fsp3) is 0.161. The Balaban J connectivity index is 1.52. The molecule has 0 spiro atoms. The molecule has 0 saturated carbocycles. The van der Waals surface area contributed by atoms with Crippen LogP contribution in [0.3, 0.4) is 0 Å². The molecule has 6 rings (SSSR count). The van der Waals surface area contributed by atoms with E-state index in [9.17, 15) is 0 Å². The smallest absolute Gasteiger partial charge is 0.160 e. The highest BCUT2D eigenvalue weighted by Crippen LogP contribution is 2.49. The first-order valence-electron chi connectivity index (χ1n) is 11.7. The first kappa shape index (κ1) is 21.2. The standard InChI is InChI=1S/C31H25BrN2/c1-31(2)26-11-7-6-10-24(26)25-18-22(14-17-27(25)31)29-19-28(20-12-15-23(32)16-13-20)33-30(34-29)21-8-4-3-5-9-21/h3-15,17-19,23H,16H2,1-2H3. The number of hydrogen-bond acceptors (Lipinski definition) is 2. The molecular formula is C31H25BrN2. The number of halogens is 1. The fourth-order valence-electron chi connectivity index (χ4n) is 5.12. The minimum atomic E-state index is 0.000408. The Kier molecular flexibility index (Phi) is 5.11. The van der Waals surface area contributed by atoms with Gasteiger partial charge in [0.05, 0.1) is 11.4 Å². The molecule has 1 heterocycles. The van der Waals surface area contributed by atoms with Gasteiger partial charge in [-0.05, 0) is 46.4 Å². The van der Waals surface area contributed by atoms with Gasteiger partial charge in [0.2, 0.25) is 0 Å². The van der Waals surface area contributed by atoms with Crippen molar-refractivity contribution in [1.29, 1.82) is 0 Å². The molecule has 0 amide bonds. The van der Waals surface area contributed by atoms with Crippen molar-refractivity contribution in [2.24, 2.45) is 0 Å². The normalized spacial score (nSPS) is 17.7. The zero-order valence-corrected chi connectivity index (χ0v) is 20.9. The van der Waals surface area contributed by atoms with Crippen molar-refractivity contribution < 1.29 is 0 Å². The summed E-state index contributed by atoms with van der Waals surface area (Å²) in [6, 6.07) is 27.9. The van der Waals surface area contributed by atoms with Crippen LogP contribution in [0.4, 0.5) is 0 Å². The molecule has 0 bridgehead atoms. The second-order valence-electron chi connectivity index (χ2n) is 9.53. The molecule has 0 saturated heterocycles. The molecule has 0 aliphatic heterocycles. The number of aromatic nitrogens is 2. The minimum absolute atomic E-state index is 0.000408. The number of fused-ring (bicyclic) bond motifs is 3. The predicted octanol–water partition coefficient (Wildman–Crippen LogP) is 8.22. The Morgan fingerprint density at radius 2 is 1.50 bits per heavy atom. The van der Waals surface area contributed by atoms with E-state index in [2.05, 4.69) is 109 Å². The van der Waals surface area contributed by atoms with Crippen molar-refractivity contribution >= 4 is 21.5 Å². The van der Waals surface area contributed by atoms with Gasteiger partial charge in [0.15, 0.2) is 5.82 Å². The van der Waals surface area contributed by atoms with Crippen LogP contribution in [0.5, 0.6) is 0 Å². The molecule has 3 heteroatoms. The van der Waals surface area contributed by atoms with Crippen LogP contribution in [0, 0.1) is 0 Å². The molecule has 166 valence electrons. The second-order valence-corrected chi connectivity index (χ2v) is 10.7. The van der Waals surface area contributed by atoms with Crippen LogP contribution in [0.25, 0.3) is 39.3 Å². The number of benzene rings is 3. The van der Waals surface area contributed by atoms with Gasteiger partial charge in [0, 0.05) is 21.4 Å². The van der Waals surface area contributed by atoms with Crippen molar-refractivity contribution in [3.05, 3.63) is 114 Å². The number of alkyl halides is 1. The summed E-state index contributed by atoms with van der Waals surface area (Å²) >= 11 is 3.68. The average Bonchev–Trinajstić information content (AvgIpc) is 3.11. The molecule has 0 radical (unpaired) electrons. The molecule has 2 aliphatic rings. The molecule has 0 N–H and O–H groups in total. The number of nitrogens with zero attached hydrogens (tertiary/aromatic N) is 2. The Morgan fingerprint density at radius 1 is 0.765 bits per heavy atom. The third-order valence-corrected chi connectivity index (χ3v) is 7.66.